The zero-order valence-electron chi connectivity index (χ0n) is 9.18. The van der Waals surface area contributed by atoms with Crippen LogP contribution in [0.2, 0.25) is 0 Å². The molecule has 2 heterocycles. The molecule has 1 aromatic heterocycles. The summed E-state index contributed by atoms with van der Waals surface area (Å²) in [7, 11) is 0. The summed E-state index contributed by atoms with van der Waals surface area (Å²) in [5.74, 6) is -0.259. The maximum atomic E-state index is 12.1. The number of amides is 1. The molecule has 86 valence electrons. The van der Waals surface area contributed by atoms with Gasteiger partial charge in [-0.3, -0.25) is 4.79 Å². The predicted octanol–water partition coefficient (Wildman–Crippen LogP) is 0.221. The minimum absolute atomic E-state index is 0.0572. The van der Waals surface area contributed by atoms with Crippen LogP contribution in [0.5, 0.6) is 5.75 Å². The number of rotatable bonds is 3. The van der Waals surface area contributed by atoms with Crippen LogP contribution in [-0.2, 0) is 0 Å². The van der Waals surface area contributed by atoms with Crippen molar-refractivity contribution in [2.75, 3.05) is 19.6 Å². The van der Waals surface area contributed by atoms with Gasteiger partial charge in [0.15, 0.2) is 5.69 Å². The van der Waals surface area contributed by atoms with Crippen LogP contribution in [0.4, 0.5) is 0 Å². The van der Waals surface area contributed by atoms with Gasteiger partial charge in [0.1, 0.15) is 5.75 Å². The van der Waals surface area contributed by atoms with Crippen LogP contribution in [0.25, 0.3) is 0 Å². The number of aromatic nitrogens is 1. The second kappa shape index (κ2) is 4.49. The first-order valence-corrected chi connectivity index (χ1v) is 5.39. The van der Waals surface area contributed by atoms with E-state index >= 15 is 0 Å². The van der Waals surface area contributed by atoms with Gasteiger partial charge >= 0.3 is 0 Å². The number of carbonyl (C=O) groups excluding carboxylic acids is 1. The topological polar surface area (TPSA) is 65.5 Å². The van der Waals surface area contributed by atoms with E-state index in [9.17, 15) is 9.90 Å². The lowest BCUT2D eigenvalue weighted by Gasteiger charge is -2.37. The van der Waals surface area contributed by atoms with Crippen molar-refractivity contribution in [3.8, 4) is 5.75 Å². The molecule has 0 bridgehead atoms. The third-order valence-corrected chi connectivity index (χ3v) is 2.79. The van der Waals surface area contributed by atoms with E-state index in [4.69, 9.17) is 0 Å². The summed E-state index contributed by atoms with van der Waals surface area (Å²) in [6, 6.07) is 3.30. The number of carbonyl (C=O) groups is 1. The second-order valence-electron chi connectivity index (χ2n) is 3.77. The van der Waals surface area contributed by atoms with E-state index in [1.165, 1.54) is 12.3 Å². The number of hydrogen-bond donors (Lipinski definition) is 2. The van der Waals surface area contributed by atoms with Gasteiger partial charge < -0.3 is 15.3 Å². The fourth-order valence-corrected chi connectivity index (χ4v) is 1.76. The zero-order valence-corrected chi connectivity index (χ0v) is 9.18. The standard InChI is InChI=1S/C11H15N3O2/c1-2-14(8-6-12-7-8)11(16)10-9(15)4-3-5-13-10/h3-5,8,12,15H,2,6-7H2,1H3. The van der Waals surface area contributed by atoms with E-state index in [0.717, 1.165) is 13.1 Å². The molecule has 16 heavy (non-hydrogen) atoms. The SMILES string of the molecule is CCN(C(=O)c1ncccc1O)C1CNC1. The van der Waals surface area contributed by atoms with Gasteiger partial charge in [0, 0.05) is 25.8 Å². The minimum Gasteiger partial charge on any atom is -0.505 e. The molecule has 0 aliphatic carbocycles. The smallest absolute Gasteiger partial charge is 0.276 e. The normalized spacial score (nSPS) is 15.6. The fraction of sp³-hybridized carbons (Fsp3) is 0.455. The average molecular weight is 221 g/mol. The number of hydrogen-bond acceptors (Lipinski definition) is 4. The number of likely N-dealkylation sites (N-methyl/N-ethyl adjacent to an activating group) is 1. The summed E-state index contributed by atoms with van der Waals surface area (Å²) in [4.78, 5) is 17.8. The molecular weight excluding hydrogens is 206 g/mol. The summed E-state index contributed by atoms with van der Waals surface area (Å²) >= 11 is 0. The Balaban J connectivity index is 2.19. The van der Waals surface area contributed by atoms with Gasteiger partial charge in [-0.2, -0.15) is 0 Å². The maximum Gasteiger partial charge on any atom is 0.276 e. The Labute approximate surface area is 94.1 Å². The summed E-state index contributed by atoms with van der Waals surface area (Å²) in [6.07, 6.45) is 1.51. The van der Waals surface area contributed by atoms with Crippen molar-refractivity contribution < 1.29 is 9.90 Å². The monoisotopic (exact) mass is 221 g/mol. The molecule has 0 spiro atoms. The molecule has 1 aromatic rings. The van der Waals surface area contributed by atoms with Gasteiger partial charge in [-0.1, -0.05) is 0 Å². The number of nitrogens with zero attached hydrogens (tertiary/aromatic N) is 2. The van der Waals surface area contributed by atoms with Crippen LogP contribution in [0.15, 0.2) is 18.3 Å². The molecule has 1 aliphatic rings. The lowest BCUT2D eigenvalue weighted by molar-refractivity contribution is 0.0621. The molecule has 1 aliphatic heterocycles. The van der Waals surface area contributed by atoms with Crippen molar-refractivity contribution in [2.45, 2.75) is 13.0 Å². The Hall–Kier alpha value is -1.62. The third-order valence-electron chi connectivity index (χ3n) is 2.79. The largest absolute Gasteiger partial charge is 0.505 e. The number of pyridine rings is 1. The Bertz CT molecular complexity index is 391. The van der Waals surface area contributed by atoms with Gasteiger partial charge in [0.2, 0.25) is 0 Å². The van der Waals surface area contributed by atoms with Crippen LogP contribution in [0.1, 0.15) is 17.4 Å². The molecule has 0 atom stereocenters. The van der Waals surface area contributed by atoms with Crippen LogP contribution in [0.3, 0.4) is 0 Å². The lowest BCUT2D eigenvalue weighted by atomic mass is 10.1. The molecular formula is C11H15N3O2. The van der Waals surface area contributed by atoms with Crippen molar-refractivity contribution in [1.29, 1.82) is 0 Å². The Morgan fingerprint density at radius 1 is 1.69 bits per heavy atom. The molecule has 1 fully saturated rings. The van der Waals surface area contributed by atoms with E-state index < -0.39 is 0 Å². The lowest BCUT2D eigenvalue weighted by Crippen LogP contribution is -2.58. The van der Waals surface area contributed by atoms with Gasteiger partial charge in [-0.25, -0.2) is 4.98 Å². The van der Waals surface area contributed by atoms with E-state index in [-0.39, 0.29) is 23.4 Å². The molecule has 5 heteroatoms. The molecule has 0 aromatic carbocycles. The van der Waals surface area contributed by atoms with Crippen LogP contribution in [-0.4, -0.2) is 46.6 Å². The first kappa shape index (κ1) is 10.9. The Morgan fingerprint density at radius 3 is 2.94 bits per heavy atom. The van der Waals surface area contributed by atoms with Gasteiger partial charge in [-0.15, -0.1) is 0 Å². The third kappa shape index (κ3) is 1.86. The highest BCUT2D eigenvalue weighted by Crippen LogP contribution is 2.17. The summed E-state index contributed by atoms with van der Waals surface area (Å²) < 4.78 is 0. The van der Waals surface area contributed by atoms with Crippen molar-refractivity contribution in [1.82, 2.24) is 15.2 Å². The quantitative estimate of drug-likeness (QED) is 0.766. The van der Waals surface area contributed by atoms with Crippen LogP contribution < -0.4 is 5.32 Å². The highest BCUT2D eigenvalue weighted by molar-refractivity contribution is 5.95. The number of nitrogens with one attached hydrogen (secondary N) is 1. The second-order valence-corrected chi connectivity index (χ2v) is 3.77. The van der Waals surface area contributed by atoms with Gasteiger partial charge in [-0.05, 0) is 19.1 Å². The van der Waals surface area contributed by atoms with Gasteiger partial charge in [0.05, 0.1) is 6.04 Å². The molecule has 2 rings (SSSR count). The molecule has 5 nitrogen and oxygen atoms in total. The first-order chi connectivity index (χ1) is 7.74. The fourth-order valence-electron chi connectivity index (χ4n) is 1.76. The Kier molecular flexibility index (Phi) is 3.05. The Morgan fingerprint density at radius 2 is 2.44 bits per heavy atom. The van der Waals surface area contributed by atoms with Crippen molar-refractivity contribution in [3.63, 3.8) is 0 Å². The first-order valence-electron chi connectivity index (χ1n) is 5.39. The molecule has 0 radical (unpaired) electrons. The molecule has 1 saturated heterocycles. The highest BCUT2D eigenvalue weighted by Gasteiger charge is 2.29. The minimum atomic E-state index is -0.202. The van der Waals surface area contributed by atoms with Crippen LogP contribution >= 0.6 is 0 Å². The molecule has 1 amide bonds. The zero-order chi connectivity index (χ0) is 11.5. The van der Waals surface area contributed by atoms with E-state index in [2.05, 4.69) is 10.3 Å². The van der Waals surface area contributed by atoms with Crippen molar-refractivity contribution in [3.05, 3.63) is 24.0 Å². The van der Waals surface area contributed by atoms with Crippen LogP contribution in [0, 0.1) is 0 Å². The average Bonchev–Trinajstić information content (AvgIpc) is 2.23. The molecule has 0 unspecified atom stereocenters. The van der Waals surface area contributed by atoms with Crippen molar-refractivity contribution in [2.24, 2.45) is 0 Å². The summed E-state index contributed by atoms with van der Waals surface area (Å²) in [6.45, 7) is 4.18. The summed E-state index contributed by atoms with van der Waals surface area (Å²) in [5.41, 5.74) is 0.135. The van der Waals surface area contributed by atoms with E-state index in [0.29, 0.717) is 6.54 Å². The number of aromatic hydroxyl groups is 1. The van der Waals surface area contributed by atoms with Gasteiger partial charge in [0.25, 0.3) is 5.91 Å². The molecule has 2 N–H and O–H groups in total. The van der Waals surface area contributed by atoms with E-state index in [1.807, 2.05) is 6.92 Å². The maximum absolute atomic E-state index is 12.1. The van der Waals surface area contributed by atoms with Crippen molar-refractivity contribution >= 4 is 5.91 Å². The van der Waals surface area contributed by atoms with E-state index in [1.54, 1.807) is 11.0 Å². The summed E-state index contributed by atoms with van der Waals surface area (Å²) in [5, 5.41) is 12.7. The highest BCUT2D eigenvalue weighted by atomic mass is 16.3. The molecule has 0 saturated carbocycles. The predicted molar refractivity (Wildman–Crippen MR) is 59.3 cm³/mol.